The number of para-hydroxylation sites is 1. The quantitative estimate of drug-likeness (QED) is 0.737. The molecule has 144 valence electrons. The minimum Gasteiger partial charge on any atom is -0.496 e. The first-order chi connectivity index (χ1) is 13.5. The van der Waals surface area contributed by atoms with Crippen LogP contribution in [0.1, 0.15) is 34.3 Å². The Labute approximate surface area is 162 Å². The second kappa shape index (κ2) is 5.99. The number of aromatic nitrogens is 2. The van der Waals surface area contributed by atoms with Gasteiger partial charge in [0.15, 0.2) is 0 Å². The maximum absolute atomic E-state index is 13.2. The largest absolute Gasteiger partial charge is 0.496 e. The van der Waals surface area contributed by atoms with E-state index in [0.29, 0.717) is 30.0 Å². The highest BCUT2D eigenvalue weighted by Gasteiger charge is 2.59. The van der Waals surface area contributed by atoms with Gasteiger partial charge in [0.05, 0.1) is 23.6 Å². The van der Waals surface area contributed by atoms with Crippen molar-refractivity contribution in [2.75, 3.05) is 20.2 Å². The lowest BCUT2D eigenvalue weighted by molar-refractivity contribution is 0.0709. The Morgan fingerprint density at radius 1 is 1.25 bits per heavy atom. The summed E-state index contributed by atoms with van der Waals surface area (Å²) in [6.07, 6.45) is 5.33. The minimum atomic E-state index is -0.225. The van der Waals surface area contributed by atoms with E-state index in [0.717, 1.165) is 29.7 Å². The van der Waals surface area contributed by atoms with Crippen molar-refractivity contribution in [2.24, 2.45) is 5.92 Å². The number of methoxy groups -OCH3 is 1. The van der Waals surface area contributed by atoms with Crippen LogP contribution in [0.2, 0.25) is 0 Å². The second-order valence-corrected chi connectivity index (χ2v) is 8.01. The van der Waals surface area contributed by atoms with Gasteiger partial charge in [-0.2, -0.15) is 0 Å². The molecule has 2 unspecified atom stereocenters. The van der Waals surface area contributed by atoms with Crippen LogP contribution in [0.25, 0.3) is 10.9 Å². The van der Waals surface area contributed by atoms with E-state index >= 15 is 0 Å². The summed E-state index contributed by atoms with van der Waals surface area (Å²) in [5, 5.41) is 0.461. The maximum Gasteiger partial charge on any atom is 0.258 e. The Morgan fingerprint density at radius 3 is 2.86 bits per heavy atom. The average Bonchev–Trinajstić information content (AvgIpc) is 3.29. The topological polar surface area (TPSA) is 78.2 Å². The first-order valence-electron chi connectivity index (χ1n) is 9.67. The van der Waals surface area contributed by atoms with Gasteiger partial charge >= 0.3 is 0 Å². The number of H-pyrrole nitrogens is 2. The zero-order chi connectivity index (χ0) is 19.5. The number of rotatable bonds is 3. The molecule has 0 spiro atoms. The molecule has 2 N–H and O–H groups in total. The number of carbonyl (C=O) groups excluding carboxylic acids is 1. The van der Waals surface area contributed by atoms with Gasteiger partial charge in [0, 0.05) is 36.5 Å². The molecule has 2 aromatic heterocycles. The predicted molar refractivity (Wildman–Crippen MR) is 107 cm³/mol. The number of benzene rings is 1. The summed E-state index contributed by atoms with van der Waals surface area (Å²) >= 11 is 0. The third-order valence-electron chi connectivity index (χ3n) is 6.58. The molecule has 1 amide bonds. The summed E-state index contributed by atoms with van der Waals surface area (Å²) < 4.78 is 5.57. The average molecular weight is 377 g/mol. The van der Waals surface area contributed by atoms with Gasteiger partial charge in [0.2, 0.25) is 0 Å². The third-order valence-corrected chi connectivity index (χ3v) is 6.58. The summed E-state index contributed by atoms with van der Waals surface area (Å²) in [6.45, 7) is 3.31. The number of amides is 1. The molecule has 0 bridgehead atoms. The van der Waals surface area contributed by atoms with Gasteiger partial charge in [0.1, 0.15) is 5.75 Å². The molecule has 3 heterocycles. The number of ether oxygens (including phenoxy) is 1. The summed E-state index contributed by atoms with van der Waals surface area (Å²) in [5.41, 5.74) is 3.28. The van der Waals surface area contributed by atoms with Crippen LogP contribution < -0.4 is 10.3 Å². The number of hydrogen-bond acceptors (Lipinski definition) is 3. The summed E-state index contributed by atoms with van der Waals surface area (Å²) in [7, 11) is 1.71. The van der Waals surface area contributed by atoms with Gasteiger partial charge in [-0.3, -0.25) is 9.59 Å². The summed E-state index contributed by atoms with van der Waals surface area (Å²) in [5.74, 6) is 1.30. The molecule has 0 radical (unpaired) electrons. The molecule has 3 aromatic rings. The van der Waals surface area contributed by atoms with Crippen LogP contribution in [0.15, 0.2) is 41.5 Å². The fourth-order valence-corrected chi connectivity index (χ4v) is 4.95. The smallest absolute Gasteiger partial charge is 0.258 e. The SMILES string of the molecule is COc1ccccc1C12CCN(C(=O)c3c[nH]c4c(C)c[nH]c(=O)c34)CC1C2. The highest BCUT2D eigenvalue weighted by Crippen LogP contribution is 2.61. The third kappa shape index (κ3) is 2.33. The Hall–Kier alpha value is -3.02. The first-order valence-corrected chi connectivity index (χ1v) is 9.67. The number of aromatic amines is 2. The van der Waals surface area contributed by atoms with E-state index in [2.05, 4.69) is 22.1 Å². The van der Waals surface area contributed by atoms with Gasteiger partial charge in [-0.25, -0.2) is 0 Å². The fourth-order valence-electron chi connectivity index (χ4n) is 4.95. The number of likely N-dealkylation sites (tertiary alicyclic amines) is 1. The Morgan fingerprint density at radius 2 is 2.07 bits per heavy atom. The molecule has 6 heteroatoms. The zero-order valence-corrected chi connectivity index (χ0v) is 16.0. The number of piperidine rings is 1. The lowest BCUT2D eigenvalue weighted by Gasteiger charge is -2.32. The number of pyridine rings is 1. The van der Waals surface area contributed by atoms with E-state index in [1.807, 2.05) is 24.0 Å². The lowest BCUT2D eigenvalue weighted by Crippen LogP contribution is -2.40. The number of nitrogens with one attached hydrogen (secondary N) is 2. The number of nitrogens with zero attached hydrogens (tertiary/aromatic N) is 1. The van der Waals surface area contributed by atoms with Crippen LogP contribution in [0.4, 0.5) is 0 Å². The van der Waals surface area contributed by atoms with Crippen LogP contribution in [0, 0.1) is 12.8 Å². The van der Waals surface area contributed by atoms with E-state index < -0.39 is 0 Å². The lowest BCUT2D eigenvalue weighted by atomic mass is 9.86. The standard InChI is InChI=1S/C22H23N3O3/c1-13-10-24-20(26)18-15(11-23-19(13)18)21(27)25-8-7-22(9-14(22)12-25)16-5-3-4-6-17(16)28-2/h3-6,10-11,14,23H,7-9,12H2,1-2H3,(H,24,26). The Bertz CT molecular complexity index is 1150. The molecule has 2 aliphatic rings. The Balaban J connectivity index is 1.42. The van der Waals surface area contributed by atoms with Gasteiger partial charge in [0.25, 0.3) is 11.5 Å². The van der Waals surface area contributed by atoms with E-state index in [1.165, 1.54) is 5.56 Å². The van der Waals surface area contributed by atoms with Crippen molar-refractivity contribution in [2.45, 2.75) is 25.2 Å². The molecular weight excluding hydrogens is 354 g/mol. The summed E-state index contributed by atoms with van der Waals surface area (Å²) in [6, 6.07) is 8.21. The van der Waals surface area contributed by atoms with Gasteiger partial charge < -0.3 is 19.6 Å². The molecule has 2 atom stereocenters. The van der Waals surface area contributed by atoms with Crippen molar-refractivity contribution < 1.29 is 9.53 Å². The number of fused-ring (bicyclic) bond motifs is 2. The van der Waals surface area contributed by atoms with Crippen molar-refractivity contribution in [1.29, 1.82) is 0 Å². The number of hydrogen-bond donors (Lipinski definition) is 2. The number of carbonyl (C=O) groups is 1. The van der Waals surface area contributed by atoms with Crippen molar-refractivity contribution in [3.8, 4) is 5.75 Å². The van der Waals surface area contributed by atoms with Crippen LogP contribution in [-0.4, -0.2) is 41.0 Å². The molecule has 2 fully saturated rings. The number of aryl methyl sites for hydroxylation is 1. The van der Waals surface area contributed by atoms with E-state index in [4.69, 9.17) is 4.74 Å². The van der Waals surface area contributed by atoms with E-state index in [9.17, 15) is 9.59 Å². The van der Waals surface area contributed by atoms with Gasteiger partial charge in [-0.05, 0) is 37.3 Å². The first kappa shape index (κ1) is 17.1. The fraction of sp³-hybridized carbons (Fsp3) is 0.364. The van der Waals surface area contributed by atoms with Crippen molar-refractivity contribution in [1.82, 2.24) is 14.9 Å². The van der Waals surface area contributed by atoms with E-state index in [1.54, 1.807) is 19.5 Å². The molecule has 28 heavy (non-hydrogen) atoms. The monoisotopic (exact) mass is 377 g/mol. The summed E-state index contributed by atoms with van der Waals surface area (Å²) in [4.78, 5) is 33.2. The minimum absolute atomic E-state index is 0.0668. The van der Waals surface area contributed by atoms with E-state index in [-0.39, 0.29) is 16.9 Å². The Kier molecular flexibility index (Phi) is 3.66. The molecule has 1 saturated carbocycles. The molecule has 1 aliphatic heterocycles. The van der Waals surface area contributed by atoms with Crippen LogP contribution in [0.3, 0.4) is 0 Å². The molecule has 1 saturated heterocycles. The van der Waals surface area contributed by atoms with Crippen molar-refractivity contribution in [3.05, 3.63) is 63.7 Å². The zero-order valence-electron chi connectivity index (χ0n) is 16.0. The highest BCUT2D eigenvalue weighted by atomic mass is 16.5. The molecule has 1 aromatic carbocycles. The van der Waals surface area contributed by atoms with Crippen molar-refractivity contribution >= 4 is 16.8 Å². The van der Waals surface area contributed by atoms with Crippen molar-refractivity contribution in [3.63, 3.8) is 0 Å². The molecule has 5 rings (SSSR count). The van der Waals surface area contributed by atoms with Crippen LogP contribution in [-0.2, 0) is 5.41 Å². The predicted octanol–water partition coefficient (Wildman–Crippen LogP) is 2.98. The maximum atomic E-state index is 13.2. The van der Waals surface area contributed by atoms with Gasteiger partial charge in [-0.15, -0.1) is 0 Å². The molecular formula is C22H23N3O3. The van der Waals surface area contributed by atoms with Crippen LogP contribution in [0.5, 0.6) is 5.75 Å². The molecule has 1 aliphatic carbocycles. The normalized spacial score (nSPS) is 23.5. The van der Waals surface area contributed by atoms with Gasteiger partial charge in [-0.1, -0.05) is 18.2 Å². The van der Waals surface area contributed by atoms with Crippen LogP contribution >= 0.6 is 0 Å². The molecule has 6 nitrogen and oxygen atoms in total. The second-order valence-electron chi connectivity index (χ2n) is 8.01. The highest BCUT2D eigenvalue weighted by molar-refractivity contribution is 6.07.